The van der Waals surface area contributed by atoms with Gasteiger partial charge in [0.05, 0.1) is 17.2 Å². The van der Waals surface area contributed by atoms with Crippen LogP contribution in [0.1, 0.15) is 10.4 Å². The minimum Gasteiger partial charge on any atom is -0.495 e. The van der Waals surface area contributed by atoms with Gasteiger partial charge in [-0.2, -0.15) is 0 Å². The predicted octanol–water partition coefficient (Wildman–Crippen LogP) is 4.92. The van der Waals surface area contributed by atoms with Crippen LogP contribution in [0.5, 0.6) is 11.5 Å². The molecule has 0 amide bonds. The molecule has 0 bridgehead atoms. The number of ether oxygens (including phenoxy) is 2. The molecular weight excluding hydrogens is 335 g/mol. The maximum atomic E-state index is 12.1. The van der Waals surface area contributed by atoms with Crippen molar-refractivity contribution in [1.29, 1.82) is 0 Å². The zero-order chi connectivity index (χ0) is 15.4. The largest absolute Gasteiger partial charge is 0.495 e. The Bertz CT molecular complexity index is 671. The molecule has 0 fully saturated rings. The predicted molar refractivity (Wildman–Crippen MR) is 84.3 cm³/mol. The fraction of sp³-hybridized carbons (Fsp3) is 0.133. The van der Waals surface area contributed by atoms with Gasteiger partial charge in [-0.15, -0.1) is 0 Å². The highest BCUT2D eigenvalue weighted by Crippen LogP contribution is 2.28. The lowest BCUT2D eigenvalue weighted by atomic mass is 10.1. The van der Waals surface area contributed by atoms with Crippen molar-refractivity contribution in [2.45, 2.75) is 0 Å². The van der Waals surface area contributed by atoms with Crippen LogP contribution in [0.4, 0.5) is 0 Å². The molecule has 3 nitrogen and oxygen atoms in total. The molecule has 0 saturated heterocycles. The monoisotopic (exact) mass is 344 g/mol. The van der Waals surface area contributed by atoms with E-state index in [1.165, 1.54) is 13.2 Å². The van der Waals surface area contributed by atoms with E-state index in [1.54, 1.807) is 30.3 Å². The van der Waals surface area contributed by atoms with Gasteiger partial charge < -0.3 is 9.47 Å². The standard InChI is InChI=1S/C15H11Cl3O3/c1-20-14-5-2-9(6-12(14)18)13(19)8-21-15-7-10(16)3-4-11(15)17/h2-7H,8H2,1H3. The highest BCUT2D eigenvalue weighted by molar-refractivity contribution is 6.34. The number of halogens is 3. The van der Waals surface area contributed by atoms with Crippen LogP contribution in [0, 0.1) is 0 Å². The van der Waals surface area contributed by atoms with Crippen LogP contribution in [0.3, 0.4) is 0 Å². The minimum absolute atomic E-state index is 0.164. The van der Waals surface area contributed by atoms with E-state index in [1.807, 2.05) is 0 Å². The molecule has 21 heavy (non-hydrogen) atoms. The van der Waals surface area contributed by atoms with Crippen LogP contribution < -0.4 is 9.47 Å². The van der Waals surface area contributed by atoms with Crippen LogP contribution >= 0.6 is 34.8 Å². The molecule has 110 valence electrons. The van der Waals surface area contributed by atoms with Crippen molar-refractivity contribution in [3.8, 4) is 11.5 Å². The normalized spacial score (nSPS) is 10.3. The van der Waals surface area contributed by atoms with E-state index in [-0.39, 0.29) is 12.4 Å². The summed E-state index contributed by atoms with van der Waals surface area (Å²) < 4.78 is 10.4. The van der Waals surface area contributed by atoms with Crippen molar-refractivity contribution in [2.75, 3.05) is 13.7 Å². The van der Waals surface area contributed by atoms with Gasteiger partial charge in [0.15, 0.2) is 12.4 Å². The highest BCUT2D eigenvalue weighted by Gasteiger charge is 2.11. The van der Waals surface area contributed by atoms with E-state index in [2.05, 4.69) is 0 Å². The molecule has 2 rings (SSSR count). The number of carbonyl (C=O) groups excluding carboxylic acids is 1. The summed E-state index contributed by atoms with van der Waals surface area (Å²) in [6.45, 7) is -0.164. The summed E-state index contributed by atoms with van der Waals surface area (Å²) in [5, 5.41) is 1.23. The molecular formula is C15H11Cl3O3. The molecule has 0 aliphatic heterocycles. The molecule has 0 unspecified atom stereocenters. The lowest BCUT2D eigenvalue weighted by molar-refractivity contribution is 0.0921. The Morgan fingerprint density at radius 1 is 1.00 bits per heavy atom. The lowest BCUT2D eigenvalue weighted by Gasteiger charge is -2.09. The zero-order valence-corrected chi connectivity index (χ0v) is 13.3. The number of benzene rings is 2. The van der Waals surface area contributed by atoms with Gasteiger partial charge in [-0.1, -0.05) is 34.8 Å². The Morgan fingerprint density at radius 2 is 1.76 bits per heavy atom. The SMILES string of the molecule is COc1ccc(C(=O)COc2cc(Cl)ccc2Cl)cc1Cl. The Labute approximate surface area is 137 Å². The molecule has 0 spiro atoms. The third-order valence-electron chi connectivity index (χ3n) is 2.73. The summed E-state index contributed by atoms with van der Waals surface area (Å²) in [5.41, 5.74) is 0.430. The molecule has 2 aromatic carbocycles. The van der Waals surface area contributed by atoms with Crippen LogP contribution in [-0.2, 0) is 0 Å². The number of hydrogen-bond donors (Lipinski definition) is 0. The molecule has 0 aliphatic rings. The quantitative estimate of drug-likeness (QED) is 0.722. The summed E-state index contributed by atoms with van der Waals surface area (Å²) >= 11 is 17.8. The van der Waals surface area contributed by atoms with E-state index < -0.39 is 0 Å². The van der Waals surface area contributed by atoms with Crippen molar-refractivity contribution in [3.05, 3.63) is 57.0 Å². The van der Waals surface area contributed by atoms with Gasteiger partial charge in [0.25, 0.3) is 0 Å². The molecule has 0 radical (unpaired) electrons. The summed E-state index contributed by atoms with van der Waals surface area (Å²) in [4.78, 5) is 12.1. The van der Waals surface area contributed by atoms with Gasteiger partial charge in [-0.3, -0.25) is 4.79 Å². The first kappa shape index (κ1) is 16.0. The fourth-order valence-electron chi connectivity index (χ4n) is 1.65. The average molecular weight is 346 g/mol. The second kappa shape index (κ2) is 7.03. The van der Waals surface area contributed by atoms with E-state index in [9.17, 15) is 4.79 Å². The van der Waals surface area contributed by atoms with Crippen molar-refractivity contribution < 1.29 is 14.3 Å². The van der Waals surface area contributed by atoms with E-state index in [0.717, 1.165) is 0 Å². The summed E-state index contributed by atoms with van der Waals surface area (Å²) in [6, 6.07) is 9.58. The fourth-order valence-corrected chi connectivity index (χ4v) is 2.25. The second-order valence-corrected chi connectivity index (χ2v) is 5.39. The smallest absolute Gasteiger partial charge is 0.200 e. The third-order valence-corrected chi connectivity index (χ3v) is 3.57. The zero-order valence-electron chi connectivity index (χ0n) is 11.0. The van der Waals surface area contributed by atoms with Gasteiger partial charge in [0.1, 0.15) is 11.5 Å². The number of ketones is 1. The molecule has 0 N–H and O–H groups in total. The minimum atomic E-state index is -0.226. The van der Waals surface area contributed by atoms with E-state index >= 15 is 0 Å². The summed E-state index contributed by atoms with van der Waals surface area (Å²) in [5.74, 6) is 0.639. The third kappa shape index (κ3) is 4.03. The molecule has 0 aromatic heterocycles. The van der Waals surface area contributed by atoms with Gasteiger partial charge in [0, 0.05) is 16.7 Å². The van der Waals surface area contributed by atoms with Gasteiger partial charge >= 0.3 is 0 Å². The molecule has 0 aliphatic carbocycles. The highest BCUT2D eigenvalue weighted by atomic mass is 35.5. The van der Waals surface area contributed by atoms with E-state index in [0.29, 0.717) is 32.1 Å². The first-order chi connectivity index (χ1) is 10.0. The number of rotatable bonds is 5. The van der Waals surface area contributed by atoms with Crippen LogP contribution in [0.15, 0.2) is 36.4 Å². The van der Waals surface area contributed by atoms with Gasteiger partial charge in [0.2, 0.25) is 0 Å². The Balaban J connectivity index is 2.08. The molecule has 0 atom stereocenters. The first-order valence-corrected chi connectivity index (χ1v) is 7.09. The number of hydrogen-bond acceptors (Lipinski definition) is 3. The topological polar surface area (TPSA) is 35.5 Å². The first-order valence-electron chi connectivity index (χ1n) is 5.96. The van der Waals surface area contributed by atoms with Crippen LogP contribution in [0.2, 0.25) is 15.1 Å². The second-order valence-electron chi connectivity index (χ2n) is 4.14. The Morgan fingerprint density at radius 3 is 2.43 bits per heavy atom. The lowest BCUT2D eigenvalue weighted by Crippen LogP contribution is -2.11. The number of carbonyl (C=O) groups is 1. The number of Topliss-reactive ketones (excluding diaryl/α,β-unsaturated/α-hetero) is 1. The molecule has 2 aromatic rings. The molecule has 0 heterocycles. The Kier molecular flexibility index (Phi) is 5.34. The maximum absolute atomic E-state index is 12.1. The number of methoxy groups -OCH3 is 1. The van der Waals surface area contributed by atoms with Crippen molar-refractivity contribution >= 4 is 40.6 Å². The van der Waals surface area contributed by atoms with Crippen LogP contribution in [-0.4, -0.2) is 19.5 Å². The van der Waals surface area contributed by atoms with Crippen molar-refractivity contribution in [2.24, 2.45) is 0 Å². The average Bonchev–Trinajstić information content (AvgIpc) is 2.47. The van der Waals surface area contributed by atoms with Gasteiger partial charge in [-0.25, -0.2) is 0 Å². The summed E-state index contributed by atoms with van der Waals surface area (Å²) in [6.07, 6.45) is 0. The van der Waals surface area contributed by atoms with E-state index in [4.69, 9.17) is 44.3 Å². The Hall–Kier alpha value is -1.42. The van der Waals surface area contributed by atoms with Gasteiger partial charge in [-0.05, 0) is 30.3 Å². The molecule has 6 heteroatoms. The van der Waals surface area contributed by atoms with Crippen molar-refractivity contribution in [3.63, 3.8) is 0 Å². The van der Waals surface area contributed by atoms with Crippen LogP contribution in [0.25, 0.3) is 0 Å². The molecule has 0 saturated carbocycles. The summed E-state index contributed by atoms with van der Waals surface area (Å²) in [7, 11) is 1.51. The van der Waals surface area contributed by atoms with Crippen molar-refractivity contribution in [1.82, 2.24) is 0 Å². The maximum Gasteiger partial charge on any atom is 0.200 e.